The zero-order valence-corrected chi connectivity index (χ0v) is 23.2. The van der Waals surface area contributed by atoms with E-state index in [1.807, 2.05) is 43.0 Å². The minimum atomic E-state index is -0.229. The van der Waals surface area contributed by atoms with Gasteiger partial charge in [0.1, 0.15) is 5.75 Å². The summed E-state index contributed by atoms with van der Waals surface area (Å²) < 4.78 is 12.0. The number of hydrogen-bond donors (Lipinski definition) is 0. The highest BCUT2D eigenvalue weighted by Gasteiger charge is 2.42. The predicted molar refractivity (Wildman–Crippen MR) is 149 cm³/mol. The first kappa shape index (κ1) is 25.8. The largest absolute Gasteiger partial charge is 0.463 e. The van der Waals surface area contributed by atoms with E-state index in [1.165, 1.54) is 12.8 Å². The van der Waals surface area contributed by atoms with Gasteiger partial charge in [-0.25, -0.2) is 0 Å². The molecule has 1 atom stereocenters. The first-order valence-corrected chi connectivity index (χ1v) is 14.5. The van der Waals surface area contributed by atoms with Crippen LogP contribution in [0.4, 0.5) is 0 Å². The van der Waals surface area contributed by atoms with Crippen LogP contribution in [-0.2, 0) is 24.3 Å². The third-order valence-corrected chi connectivity index (χ3v) is 9.00. The van der Waals surface area contributed by atoms with Crippen LogP contribution in [-0.4, -0.2) is 33.4 Å². The summed E-state index contributed by atoms with van der Waals surface area (Å²) in [5.74, 6) is -0.0848. The van der Waals surface area contributed by atoms with E-state index in [9.17, 15) is 9.59 Å². The maximum absolute atomic E-state index is 14.1. The summed E-state index contributed by atoms with van der Waals surface area (Å²) in [6.45, 7) is 7.77. The molecule has 1 amide bonds. The van der Waals surface area contributed by atoms with E-state index >= 15 is 0 Å². The van der Waals surface area contributed by atoms with Gasteiger partial charge in [0.2, 0.25) is 0 Å². The molecule has 1 aliphatic carbocycles. The lowest BCUT2D eigenvalue weighted by Gasteiger charge is -2.19. The first-order valence-electron chi connectivity index (χ1n) is 14.5. The molecule has 3 heterocycles. The zero-order chi connectivity index (χ0) is 27.1. The van der Waals surface area contributed by atoms with Gasteiger partial charge in [-0.2, -0.15) is 9.97 Å². The van der Waals surface area contributed by atoms with Crippen LogP contribution in [0, 0.1) is 18.3 Å². The molecular weight excluding hydrogens is 490 g/mol. The van der Waals surface area contributed by atoms with Gasteiger partial charge >= 0.3 is 12.0 Å². The van der Waals surface area contributed by atoms with Crippen LogP contribution in [0.2, 0.25) is 0 Å². The molecule has 0 unspecified atom stereocenters. The molecular formula is C32H37N3O4. The van der Waals surface area contributed by atoms with Crippen molar-refractivity contribution in [3.8, 4) is 11.8 Å². The third kappa shape index (κ3) is 4.99. The van der Waals surface area contributed by atoms with Gasteiger partial charge in [-0.15, -0.1) is 0 Å². The number of carbonyl (C=O) groups is 2. The van der Waals surface area contributed by atoms with Crippen molar-refractivity contribution < 1.29 is 19.1 Å². The lowest BCUT2D eigenvalue weighted by molar-refractivity contribution is -0.139. The van der Waals surface area contributed by atoms with Gasteiger partial charge in [-0.3, -0.25) is 9.59 Å². The first-order chi connectivity index (χ1) is 18.9. The van der Waals surface area contributed by atoms with Gasteiger partial charge < -0.3 is 14.4 Å². The van der Waals surface area contributed by atoms with E-state index in [-0.39, 0.29) is 23.2 Å². The molecule has 4 bridgehead atoms. The van der Waals surface area contributed by atoms with Crippen LogP contribution in [0.1, 0.15) is 91.7 Å². The van der Waals surface area contributed by atoms with Gasteiger partial charge in [0, 0.05) is 11.0 Å². The maximum Gasteiger partial charge on any atom is 0.316 e. The number of amides is 1. The van der Waals surface area contributed by atoms with Crippen LogP contribution < -0.4 is 9.47 Å². The molecule has 204 valence electrons. The highest BCUT2D eigenvalue weighted by atomic mass is 16.5. The number of benzene rings is 2. The van der Waals surface area contributed by atoms with Gasteiger partial charge in [0.15, 0.2) is 0 Å². The Morgan fingerprint density at radius 3 is 2.67 bits per heavy atom. The quantitative estimate of drug-likeness (QED) is 0.285. The van der Waals surface area contributed by atoms with Crippen molar-refractivity contribution in [2.24, 2.45) is 11.3 Å². The molecule has 7 nitrogen and oxygen atoms in total. The van der Waals surface area contributed by atoms with Crippen LogP contribution in [0.3, 0.4) is 0 Å². The molecule has 7 heteroatoms. The second kappa shape index (κ2) is 10.2. The minimum Gasteiger partial charge on any atom is -0.463 e. The van der Waals surface area contributed by atoms with E-state index < -0.39 is 0 Å². The second-order valence-corrected chi connectivity index (χ2v) is 11.6. The maximum atomic E-state index is 14.1. The number of aromatic nitrogens is 2. The highest BCUT2D eigenvalue weighted by molar-refractivity contribution is 6.09. The normalized spacial score (nSPS) is 20.4. The number of aryl methyl sites for hydroxylation is 2. The summed E-state index contributed by atoms with van der Waals surface area (Å²) in [5, 5.41) is 1.78. The summed E-state index contributed by atoms with van der Waals surface area (Å²) in [5.41, 5.74) is 4.72. The van der Waals surface area contributed by atoms with Crippen LogP contribution >= 0.6 is 0 Å². The number of rotatable bonds is 5. The molecule has 0 spiro atoms. The van der Waals surface area contributed by atoms with Gasteiger partial charge in [-0.05, 0) is 80.3 Å². The summed E-state index contributed by atoms with van der Waals surface area (Å²) in [7, 11) is 0. The number of esters is 1. The van der Waals surface area contributed by atoms with Crippen molar-refractivity contribution in [2.45, 2.75) is 85.2 Å². The molecule has 1 aromatic heterocycles. The van der Waals surface area contributed by atoms with Crippen molar-refractivity contribution in [2.75, 3.05) is 6.61 Å². The fraction of sp³-hybridized carbons (Fsp3) is 0.500. The smallest absolute Gasteiger partial charge is 0.316 e. The second-order valence-electron chi connectivity index (χ2n) is 11.6. The molecule has 0 radical (unpaired) electrons. The Hall–Kier alpha value is -3.48. The Morgan fingerprint density at radius 2 is 1.90 bits per heavy atom. The Bertz CT molecular complexity index is 1450. The van der Waals surface area contributed by atoms with E-state index in [0.717, 1.165) is 65.4 Å². The molecule has 6 rings (SSSR count). The summed E-state index contributed by atoms with van der Waals surface area (Å²) >= 11 is 0. The van der Waals surface area contributed by atoms with Crippen LogP contribution in [0.15, 0.2) is 30.3 Å². The standard InChI is InChI=1S/C32H37N3O4/c1-4-21-10-6-7-12-26-25-17-35(18-27(25)34-31(33-26)38-19-32(5-2)13-14-32)29(36)24-16-23(39-30(21)37)15-22-11-8-9-20(3)28(22)24/h8-9,11,15-16,21H,4-7,10,12-14,17-19H2,1-3H3/t21-/m0/s1. The number of carbonyl (C=O) groups excluding carboxylic acids is 2. The Balaban J connectivity index is 1.40. The number of ether oxygens (including phenoxy) is 2. The van der Waals surface area contributed by atoms with E-state index in [2.05, 4.69) is 6.92 Å². The number of hydrogen-bond acceptors (Lipinski definition) is 6. The van der Waals surface area contributed by atoms with Gasteiger partial charge in [0.25, 0.3) is 5.91 Å². The molecule has 0 N–H and O–H groups in total. The van der Waals surface area contributed by atoms with E-state index in [0.29, 0.717) is 43.4 Å². The molecule has 2 aliphatic heterocycles. The van der Waals surface area contributed by atoms with Crippen molar-refractivity contribution >= 4 is 22.6 Å². The Labute approximate surface area is 229 Å². The van der Waals surface area contributed by atoms with Crippen LogP contribution in [0.5, 0.6) is 11.8 Å². The van der Waals surface area contributed by atoms with Crippen molar-refractivity contribution in [1.29, 1.82) is 0 Å². The lowest BCUT2D eigenvalue weighted by atomic mass is 9.97. The van der Waals surface area contributed by atoms with Crippen LogP contribution in [0.25, 0.3) is 10.8 Å². The predicted octanol–water partition coefficient (Wildman–Crippen LogP) is 6.32. The zero-order valence-electron chi connectivity index (χ0n) is 23.2. The topological polar surface area (TPSA) is 81.6 Å². The summed E-state index contributed by atoms with van der Waals surface area (Å²) in [4.78, 5) is 38.7. The number of nitrogens with zero attached hydrogens (tertiary/aromatic N) is 3. The molecule has 0 saturated heterocycles. The van der Waals surface area contributed by atoms with E-state index in [1.54, 1.807) is 6.07 Å². The van der Waals surface area contributed by atoms with Crippen molar-refractivity contribution in [1.82, 2.24) is 14.9 Å². The average molecular weight is 528 g/mol. The van der Waals surface area contributed by atoms with Crippen molar-refractivity contribution in [3.63, 3.8) is 0 Å². The fourth-order valence-electron chi connectivity index (χ4n) is 6.06. The number of fused-ring (bicyclic) bond motifs is 5. The van der Waals surface area contributed by atoms with Gasteiger partial charge in [0.05, 0.1) is 42.6 Å². The molecule has 2 aromatic carbocycles. The van der Waals surface area contributed by atoms with E-state index in [4.69, 9.17) is 19.4 Å². The average Bonchev–Trinajstić information content (AvgIpc) is 3.59. The lowest BCUT2D eigenvalue weighted by Crippen LogP contribution is -2.26. The Kier molecular flexibility index (Phi) is 6.77. The summed E-state index contributed by atoms with van der Waals surface area (Å²) in [6.07, 6.45) is 7.52. The monoisotopic (exact) mass is 527 g/mol. The Morgan fingerprint density at radius 1 is 1.08 bits per heavy atom. The fourth-order valence-corrected chi connectivity index (χ4v) is 6.06. The minimum absolute atomic E-state index is 0.0940. The molecule has 3 aliphatic rings. The molecule has 1 fully saturated rings. The molecule has 3 aromatic rings. The van der Waals surface area contributed by atoms with Gasteiger partial charge in [-0.1, -0.05) is 38.5 Å². The third-order valence-electron chi connectivity index (χ3n) is 9.00. The summed E-state index contributed by atoms with van der Waals surface area (Å²) in [6, 6.07) is 9.99. The van der Waals surface area contributed by atoms with Crippen molar-refractivity contribution in [3.05, 3.63) is 58.4 Å². The molecule has 1 saturated carbocycles. The molecule has 39 heavy (non-hydrogen) atoms. The highest BCUT2D eigenvalue weighted by Crippen LogP contribution is 2.48. The SMILES string of the molecule is CC[C@H]1CCCCc2nc(OCC3(CC)CC3)nc3c2CN(C3)C(=O)c2cc(cc3cccc(C)c23)OC1=O.